The van der Waals surface area contributed by atoms with Gasteiger partial charge in [-0.15, -0.1) is 37.9 Å². The lowest BCUT2D eigenvalue weighted by molar-refractivity contribution is 0.249. The van der Waals surface area contributed by atoms with Crippen molar-refractivity contribution in [2.45, 2.75) is 384 Å². The maximum absolute atomic E-state index is 9.04. The topological polar surface area (TPSA) is 121 Å². The summed E-state index contributed by atoms with van der Waals surface area (Å²) < 4.78 is 0. The molecule has 70 heavy (non-hydrogen) atoms. The fraction of sp³-hybridized carbons (Fsp3) is 1.00. The van der Waals surface area contributed by atoms with Gasteiger partial charge in [-0.3, -0.25) is 0 Å². The highest BCUT2D eigenvalue weighted by Gasteiger charge is 2.01. The molecule has 428 valence electrons. The molecule has 10 heteroatoms. The highest BCUT2D eigenvalue weighted by atomic mass is 32.1. The number of rotatable bonds is 54. The van der Waals surface area contributed by atoms with Gasteiger partial charge in [0.1, 0.15) is 0 Å². The molecule has 6 N–H and O–H groups in total. The first-order valence-electron chi connectivity index (χ1n) is 31.0. The molecule has 0 aromatic heterocycles. The van der Waals surface area contributed by atoms with Crippen LogP contribution < -0.4 is 0 Å². The average molecular weight is 1070 g/mol. The van der Waals surface area contributed by atoms with Crippen LogP contribution in [0.2, 0.25) is 0 Å². The maximum Gasteiger partial charge on any atom is 0.324 e. The van der Waals surface area contributed by atoms with E-state index in [2.05, 4.69) is 58.7 Å². The van der Waals surface area contributed by atoms with Crippen LogP contribution in [-0.2, 0) is 0 Å². The minimum atomic E-state index is -2.62. The van der Waals surface area contributed by atoms with Gasteiger partial charge in [0.05, 0.1) is 16.3 Å². The molecule has 3 atom stereocenters. The zero-order valence-electron chi connectivity index (χ0n) is 47.4. The molecule has 0 saturated heterocycles. The van der Waals surface area contributed by atoms with E-state index in [1.54, 1.807) is 0 Å². The summed E-state index contributed by atoms with van der Waals surface area (Å²) in [5.41, 5.74) is -1.22. The van der Waals surface area contributed by atoms with Crippen molar-refractivity contribution in [3.8, 4) is 0 Å². The van der Waals surface area contributed by atoms with Gasteiger partial charge in [-0.2, -0.15) is 0 Å². The van der Waals surface area contributed by atoms with E-state index in [-0.39, 0.29) is 0 Å². The molecule has 0 fully saturated rings. The third-order valence-electron chi connectivity index (χ3n) is 13.7. The van der Waals surface area contributed by atoms with Crippen LogP contribution in [0.4, 0.5) is 0 Å². The average Bonchev–Trinajstić information content (AvgIpc) is 3.32. The Bertz CT molecular complexity index is 742. The second-order valence-electron chi connectivity index (χ2n) is 21.0. The number of unbranched alkanes of at least 4 members (excludes halogenated alkanes) is 48. The lowest BCUT2D eigenvalue weighted by Gasteiger charge is -2.04. The monoisotopic (exact) mass is 1070 g/mol. The van der Waals surface area contributed by atoms with Crippen molar-refractivity contribution in [3.63, 3.8) is 0 Å². The molecule has 0 amide bonds. The van der Waals surface area contributed by atoms with E-state index in [0.29, 0.717) is 0 Å². The van der Waals surface area contributed by atoms with E-state index in [1.807, 2.05) is 0 Å². The predicted octanol–water partition coefficient (Wildman–Crippen LogP) is 21.0. The summed E-state index contributed by atoms with van der Waals surface area (Å²) >= 11 is 12.0. The van der Waals surface area contributed by atoms with Crippen LogP contribution in [0.5, 0.6) is 0 Å². The fourth-order valence-electron chi connectivity index (χ4n) is 9.16. The van der Waals surface area contributed by atoms with E-state index in [1.165, 1.54) is 308 Å². The Kier molecular flexibility index (Phi) is 82.7. The van der Waals surface area contributed by atoms with Gasteiger partial charge in [0.15, 0.2) is 0 Å². The third kappa shape index (κ3) is 95.1. The van der Waals surface area contributed by atoms with Gasteiger partial charge in [0.25, 0.3) is 0 Å². The number of aliphatic hydroxyl groups excluding tert-OH is 3. The summed E-state index contributed by atoms with van der Waals surface area (Å²) in [5, 5.41) is 27.1. The number of aliphatic hydroxyl groups is 3. The van der Waals surface area contributed by atoms with Crippen LogP contribution in [0.1, 0.15) is 367 Å². The summed E-state index contributed by atoms with van der Waals surface area (Å²) in [6, 6.07) is 0. The van der Waals surface area contributed by atoms with Crippen molar-refractivity contribution < 1.29 is 30.0 Å². The molecule has 0 rings (SSSR count). The molecule has 0 radical (unpaired) electrons. The van der Waals surface area contributed by atoms with Crippen molar-refractivity contribution in [3.05, 3.63) is 0 Å². The second-order valence-corrected chi connectivity index (χ2v) is 23.4. The highest BCUT2D eigenvalue weighted by molar-refractivity contribution is 7.81. The number of thiol groups is 3. The molecule has 0 aromatic rings. The number of hydrogen-bond acceptors (Lipinski definition) is 9. The van der Waals surface area contributed by atoms with Crippen LogP contribution >= 0.6 is 46.5 Å². The van der Waals surface area contributed by atoms with E-state index < -0.39 is 24.9 Å². The third-order valence-corrected chi connectivity index (χ3v) is 14.5. The first kappa shape index (κ1) is 77.7. The molecule has 0 aromatic carbocycles. The summed E-state index contributed by atoms with van der Waals surface area (Å²) in [6.45, 7) is 6.86. The van der Waals surface area contributed by atoms with Crippen LogP contribution in [0.3, 0.4) is 0 Å². The van der Waals surface area contributed by atoms with Crippen LogP contribution in [0, 0.1) is 0 Å². The zero-order valence-corrected chi connectivity index (χ0v) is 51.0. The summed E-state index contributed by atoms with van der Waals surface area (Å²) in [7, 11) is -2.62. The van der Waals surface area contributed by atoms with Gasteiger partial charge < -0.3 is 30.0 Å². The second kappa shape index (κ2) is 74.5. The first-order valence-corrected chi connectivity index (χ1v) is 33.7. The molecule has 6 nitrogen and oxygen atoms in total. The largest absolute Gasteiger partial charge is 0.383 e. The molecular formula is C60H129O6PS3. The Labute approximate surface area is 457 Å². The molecule has 0 saturated carbocycles. The van der Waals surface area contributed by atoms with Crippen LogP contribution in [0.25, 0.3) is 0 Å². The van der Waals surface area contributed by atoms with Crippen molar-refractivity contribution in [2.75, 3.05) is 0 Å². The Morgan fingerprint density at radius 1 is 0.214 bits per heavy atom. The van der Waals surface area contributed by atoms with Crippen molar-refractivity contribution in [2.24, 2.45) is 0 Å². The fourth-order valence-corrected chi connectivity index (χ4v) is 9.70. The molecule has 0 aliphatic rings. The minimum Gasteiger partial charge on any atom is -0.383 e. The maximum atomic E-state index is 9.04. The normalized spacial score (nSPS) is 12.5. The van der Waals surface area contributed by atoms with Crippen LogP contribution in [-0.4, -0.2) is 46.3 Å². The van der Waals surface area contributed by atoms with Gasteiger partial charge in [-0.1, -0.05) is 348 Å². The molecule has 3 unspecified atom stereocenters. The lowest BCUT2D eigenvalue weighted by Crippen LogP contribution is -1.94. The Morgan fingerprint density at radius 2 is 0.300 bits per heavy atom. The predicted molar refractivity (Wildman–Crippen MR) is 325 cm³/mol. The van der Waals surface area contributed by atoms with Crippen molar-refractivity contribution >= 4 is 46.5 Å². The minimum absolute atomic E-state index is 0.406. The van der Waals surface area contributed by atoms with E-state index in [9.17, 15) is 0 Å². The van der Waals surface area contributed by atoms with E-state index in [0.717, 1.165) is 38.5 Å². The summed E-state index contributed by atoms with van der Waals surface area (Å²) in [5.74, 6) is 0. The first-order chi connectivity index (χ1) is 34.0. The zero-order chi connectivity index (χ0) is 52.5. The SMILES string of the molecule is CCCCCCCCCCCCCCCCCCCC(O)S.CCCCCCCCCCCCCCCCCCCC(O)S.CCCCCCCCCCCCCCCCCCCC(O)S.OP(O)O. The van der Waals surface area contributed by atoms with Crippen molar-refractivity contribution in [1.82, 2.24) is 0 Å². The standard InChI is InChI=1S/3C20H42OS.H3O3P/c3*1-2-3-4-5-6-7-8-9-10-11-12-13-14-15-16-17-18-19-20(21)22;1-4(2)3/h3*20-22H,2-19H2,1H3;1-3H. The molecule has 0 heterocycles. The van der Waals surface area contributed by atoms with E-state index >= 15 is 0 Å². The summed E-state index contributed by atoms with van der Waals surface area (Å²) in [4.78, 5) is 21.7. The Hall–Kier alpha value is 1.24. The highest BCUT2D eigenvalue weighted by Crippen LogP contribution is 2.18. The summed E-state index contributed by atoms with van der Waals surface area (Å²) in [6.07, 6.45) is 73.9. The van der Waals surface area contributed by atoms with Crippen molar-refractivity contribution in [1.29, 1.82) is 0 Å². The quantitative estimate of drug-likeness (QED) is 0.0130. The molecule has 0 spiro atoms. The van der Waals surface area contributed by atoms with Gasteiger partial charge in [-0.05, 0) is 19.3 Å². The molecule has 0 aliphatic heterocycles. The van der Waals surface area contributed by atoms with Gasteiger partial charge >= 0.3 is 8.60 Å². The number of hydrogen-bond donors (Lipinski definition) is 9. The molecule has 0 aliphatic carbocycles. The van der Waals surface area contributed by atoms with Gasteiger partial charge in [0, 0.05) is 0 Å². The van der Waals surface area contributed by atoms with Crippen LogP contribution in [0.15, 0.2) is 0 Å². The molecule has 0 bridgehead atoms. The Balaban J connectivity index is -0.000000448. The molecular weight excluding hydrogens is 944 g/mol. The lowest BCUT2D eigenvalue weighted by atomic mass is 10.0. The smallest absolute Gasteiger partial charge is 0.324 e. The van der Waals surface area contributed by atoms with Gasteiger partial charge in [-0.25, -0.2) is 0 Å². The Morgan fingerprint density at radius 3 is 0.386 bits per heavy atom. The van der Waals surface area contributed by atoms with E-state index in [4.69, 9.17) is 30.0 Å². The van der Waals surface area contributed by atoms with Gasteiger partial charge in [0.2, 0.25) is 0 Å².